The topological polar surface area (TPSA) is 12.0 Å². The molecule has 0 aromatic heterocycles. The van der Waals surface area contributed by atoms with Gasteiger partial charge in [-0.1, -0.05) is 18.6 Å². The summed E-state index contributed by atoms with van der Waals surface area (Å²) in [4.78, 5) is 0. The summed E-state index contributed by atoms with van der Waals surface area (Å²) in [6.07, 6.45) is 3.71. The maximum Gasteiger partial charge on any atom is 0.258 e. The van der Waals surface area contributed by atoms with Gasteiger partial charge in [-0.2, -0.15) is 0 Å². The SMILES string of the molecule is CC1C/C(=C\C2(C)CC2(F)F)CCN1. The van der Waals surface area contributed by atoms with E-state index in [1.807, 2.05) is 6.08 Å². The van der Waals surface area contributed by atoms with E-state index in [9.17, 15) is 8.78 Å². The molecule has 2 unspecified atom stereocenters. The summed E-state index contributed by atoms with van der Waals surface area (Å²) in [6, 6.07) is 0.436. The maximum absolute atomic E-state index is 13.0. The standard InChI is InChI=1S/C11H17F2N/c1-8-5-9(3-4-14-8)6-10(2)7-11(10,12)13/h6,8,14H,3-5,7H2,1-2H3/b9-6-. The lowest BCUT2D eigenvalue weighted by Crippen LogP contribution is -2.32. The van der Waals surface area contributed by atoms with Gasteiger partial charge in [0.05, 0.1) is 5.41 Å². The zero-order valence-corrected chi connectivity index (χ0v) is 8.74. The molecule has 2 aliphatic rings. The molecule has 3 heteroatoms. The summed E-state index contributed by atoms with van der Waals surface area (Å²) in [5.41, 5.74) is 0.371. The molecular weight excluding hydrogens is 184 g/mol. The van der Waals surface area contributed by atoms with Gasteiger partial charge in [0.15, 0.2) is 0 Å². The Morgan fingerprint density at radius 1 is 1.50 bits per heavy atom. The summed E-state index contributed by atoms with van der Waals surface area (Å²) in [5, 5.41) is 3.31. The summed E-state index contributed by atoms with van der Waals surface area (Å²) in [7, 11) is 0. The molecule has 1 heterocycles. The number of nitrogens with one attached hydrogen (secondary N) is 1. The normalized spacial score (nSPS) is 44.0. The van der Waals surface area contributed by atoms with Crippen molar-refractivity contribution in [3.8, 4) is 0 Å². The van der Waals surface area contributed by atoms with Gasteiger partial charge in [-0.15, -0.1) is 0 Å². The van der Waals surface area contributed by atoms with Crippen LogP contribution in [0, 0.1) is 5.41 Å². The third-order valence-electron chi connectivity index (χ3n) is 3.33. The molecule has 1 aliphatic heterocycles. The van der Waals surface area contributed by atoms with Crippen LogP contribution in [0.15, 0.2) is 11.6 Å². The molecule has 2 atom stereocenters. The van der Waals surface area contributed by atoms with Crippen molar-refractivity contribution in [1.82, 2.24) is 5.32 Å². The average molecular weight is 201 g/mol. The van der Waals surface area contributed by atoms with Gasteiger partial charge in [-0.25, -0.2) is 8.78 Å². The van der Waals surface area contributed by atoms with Crippen LogP contribution >= 0.6 is 0 Å². The van der Waals surface area contributed by atoms with E-state index in [1.165, 1.54) is 5.57 Å². The quantitative estimate of drug-likeness (QED) is 0.643. The molecule has 0 bridgehead atoms. The van der Waals surface area contributed by atoms with Crippen LogP contribution in [0.5, 0.6) is 0 Å². The fraction of sp³-hybridized carbons (Fsp3) is 0.818. The Labute approximate surface area is 83.6 Å². The molecular formula is C11H17F2N. The summed E-state index contributed by atoms with van der Waals surface area (Å²) in [5.74, 6) is -2.45. The van der Waals surface area contributed by atoms with E-state index in [2.05, 4.69) is 12.2 Å². The van der Waals surface area contributed by atoms with E-state index in [4.69, 9.17) is 0 Å². The zero-order chi connectivity index (χ0) is 10.4. The number of hydrogen-bond acceptors (Lipinski definition) is 1. The van der Waals surface area contributed by atoms with Crippen molar-refractivity contribution >= 4 is 0 Å². The third-order valence-corrected chi connectivity index (χ3v) is 3.33. The second kappa shape index (κ2) is 3.02. The second-order valence-corrected chi connectivity index (χ2v) is 4.91. The lowest BCUT2D eigenvalue weighted by Gasteiger charge is -2.23. The minimum absolute atomic E-state index is 0.0330. The van der Waals surface area contributed by atoms with Crippen molar-refractivity contribution < 1.29 is 8.78 Å². The van der Waals surface area contributed by atoms with E-state index in [0.29, 0.717) is 6.04 Å². The van der Waals surface area contributed by atoms with Crippen LogP contribution in [-0.2, 0) is 0 Å². The lowest BCUT2D eigenvalue weighted by atomic mass is 9.94. The molecule has 1 saturated carbocycles. The Bertz CT molecular complexity index is 272. The molecule has 1 N–H and O–H groups in total. The van der Waals surface area contributed by atoms with Crippen LogP contribution in [-0.4, -0.2) is 18.5 Å². The van der Waals surface area contributed by atoms with Crippen molar-refractivity contribution in [2.24, 2.45) is 5.41 Å². The number of piperidine rings is 1. The number of halogens is 2. The molecule has 1 nitrogen and oxygen atoms in total. The highest BCUT2D eigenvalue weighted by molar-refractivity contribution is 5.24. The van der Waals surface area contributed by atoms with E-state index in [1.54, 1.807) is 6.92 Å². The Morgan fingerprint density at radius 2 is 2.14 bits per heavy atom. The van der Waals surface area contributed by atoms with Crippen molar-refractivity contribution in [3.05, 3.63) is 11.6 Å². The van der Waals surface area contributed by atoms with E-state index in [-0.39, 0.29) is 6.42 Å². The van der Waals surface area contributed by atoms with Gasteiger partial charge in [0, 0.05) is 12.5 Å². The Kier molecular flexibility index (Phi) is 2.18. The fourth-order valence-electron chi connectivity index (χ4n) is 2.20. The van der Waals surface area contributed by atoms with Crippen molar-refractivity contribution in [3.63, 3.8) is 0 Å². The number of alkyl halides is 2. The molecule has 0 radical (unpaired) electrons. The maximum atomic E-state index is 13.0. The van der Waals surface area contributed by atoms with Crippen LogP contribution in [0.2, 0.25) is 0 Å². The first-order valence-electron chi connectivity index (χ1n) is 5.25. The molecule has 0 amide bonds. The van der Waals surface area contributed by atoms with Crippen LogP contribution < -0.4 is 5.32 Å². The van der Waals surface area contributed by atoms with Gasteiger partial charge >= 0.3 is 0 Å². The molecule has 14 heavy (non-hydrogen) atoms. The van der Waals surface area contributed by atoms with Gasteiger partial charge in [-0.3, -0.25) is 0 Å². The highest BCUT2D eigenvalue weighted by atomic mass is 19.3. The first kappa shape index (κ1) is 10.1. The highest BCUT2D eigenvalue weighted by Gasteiger charge is 2.66. The van der Waals surface area contributed by atoms with Crippen LogP contribution in [0.25, 0.3) is 0 Å². The van der Waals surface area contributed by atoms with Crippen LogP contribution in [0.1, 0.15) is 33.1 Å². The minimum atomic E-state index is -2.45. The molecule has 0 spiro atoms. The van der Waals surface area contributed by atoms with E-state index >= 15 is 0 Å². The third kappa shape index (κ3) is 1.70. The van der Waals surface area contributed by atoms with Gasteiger partial charge < -0.3 is 5.32 Å². The fourth-order valence-corrected chi connectivity index (χ4v) is 2.20. The Balaban J connectivity index is 2.04. The van der Waals surface area contributed by atoms with Crippen molar-refractivity contribution in [2.75, 3.05) is 6.54 Å². The summed E-state index contributed by atoms with van der Waals surface area (Å²) in [6.45, 7) is 4.68. The van der Waals surface area contributed by atoms with Crippen LogP contribution in [0.4, 0.5) is 8.78 Å². The summed E-state index contributed by atoms with van der Waals surface area (Å²) >= 11 is 0. The van der Waals surface area contributed by atoms with Crippen molar-refractivity contribution in [1.29, 1.82) is 0 Å². The molecule has 0 aromatic rings. The molecule has 1 saturated heterocycles. The van der Waals surface area contributed by atoms with Gasteiger partial charge in [-0.05, 0) is 26.3 Å². The highest BCUT2D eigenvalue weighted by Crippen LogP contribution is 2.61. The van der Waals surface area contributed by atoms with Gasteiger partial charge in [0.1, 0.15) is 0 Å². The Hall–Kier alpha value is -0.440. The average Bonchev–Trinajstić information content (AvgIpc) is 2.49. The van der Waals surface area contributed by atoms with Crippen molar-refractivity contribution in [2.45, 2.75) is 45.1 Å². The van der Waals surface area contributed by atoms with Gasteiger partial charge in [0.25, 0.3) is 5.92 Å². The van der Waals surface area contributed by atoms with Gasteiger partial charge in [0.2, 0.25) is 0 Å². The largest absolute Gasteiger partial charge is 0.314 e. The smallest absolute Gasteiger partial charge is 0.258 e. The van der Waals surface area contributed by atoms with E-state index < -0.39 is 11.3 Å². The number of rotatable bonds is 1. The Morgan fingerprint density at radius 3 is 2.64 bits per heavy atom. The monoisotopic (exact) mass is 201 g/mol. The van der Waals surface area contributed by atoms with Crippen LogP contribution in [0.3, 0.4) is 0 Å². The molecule has 2 fully saturated rings. The minimum Gasteiger partial charge on any atom is -0.314 e. The predicted molar refractivity (Wildman–Crippen MR) is 52.5 cm³/mol. The summed E-state index contributed by atoms with van der Waals surface area (Å²) < 4.78 is 25.9. The lowest BCUT2D eigenvalue weighted by molar-refractivity contribution is 0.0840. The molecule has 2 rings (SSSR count). The molecule has 0 aromatic carbocycles. The van der Waals surface area contributed by atoms with E-state index in [0.717, 1.165) is 19.4 Å². The first-order chi connectivity index (χ1) is 6.43. The molecule has 80 valence electrons. The number of allylic oxidation sites excluding steroid dienone is 1. The zero-order valence-electron chi connectivity index (χ0n) is 8.74. The predicted octanol–water partition coefficient (Wildman–Crippen LogP) is 2.73. The molecule has 1 aliphatic carbocycles. The second-order valence-electron chi connectivity index (χ2n) is 4.91. The number of hydrogen-bond donors (Lipinski definition) is 1. The first-order valence-corrected chi connectivity index (χ1v) is 5.25.